The molecule has 0 spiro atoms. The van der Waals surface area contributed by atoms with E-state index in [4.69, 9.17) is 0 Å². The molecule has 1 heterocycles. The Morgan fingerprint density at radius 1 is 1.47 bits per heavy atom. The van der Waals surface area contributed by atoms with Crippen LogP contribution in [0.25, 0.3) is 0 Å². The van der Waals surface area contributed by atoms with E-state index in [1.54, 1.807) is 0 Å². The summed E-state index contributed by atoms with van der Waals surface area (Å²) in [6, 6.07) is 0. The Morgan fingerprint density at radius 2 is 2.13 bits per heavy atom. The highest BCUT2D eigenvalue weighted by Crippen LogP contribution is 2.38. The van der Waals surface area contributed by atoms with E-state index in [0.717, 1.165) is 44.6 Å². The third-order valence-electron chi connectivity index (χ3n) is 4.15. The van der Waals surface area contributed by atoms with E-state index in [9.17, 15) is 9.90 Å². The maximum atomic E-state index is 11.7. The molecule has 0 aromatic carbocycles. The first-order chi connectivity index (χ1) is 7.18. The van der Waals surface area contributed by atoms with Gasteiger partial charge in [-0.05, 0) is 38.0 Å². The quantitative estimate of drug-likeness (QED) is 0.753. The summed E-state index contributed by atoms with van der Waals surface area (Å²) >= 11 is 0. The zero-order valence-electron chi connectivity index (χ0n) is 9.54. The molecule has 1 N–H and O–H groups in total. The van der Waals surface area contributed by atoms with Gasteiger partial charge in [0.1, 0.15) is 0 Å². The van der Waals surface area contributed by atoms with Crippen molar-refractivity contribution in [2.45, 2.75) is 51.0 Å². The van der Waals surface area contributed by atoms with Crippen LogP contribution in [0.15, 0.2) is 0 Å². The second kappa shape index (κ2) is 4.12. The van der Waals surface area contributed by atoms with Crippen molar-refractivity contribution in [3.8, 4) is 0 Å². The zero-order valence-corrected chi connectivity index (χ0v) is 9.54. The van der Waals surface area contributed by atoms with Crippen LogP contribution in [-0.2, 0) is 4.79 Å². The van der Waals surface area contributed by atoms with E-state index in [1.807, 2.05) is 4.90 Å². The molecule has 0 radical (unpaired) electrons. The molecular weight excluding hydrogens is 190 g/mol. The number of aliphatic hydroxyl groups excluding tert-OH is 1. The molecule has 2 rings (SSSR count). The predicted molar refractivity (Wildman–Crippen MR) is 58.4 cm³/mol. The molecular formula is C12H21NO2. The molecule has 86 valence electrons. The highest BCUT2D eigenvalue weighted by Gasteiger charge is 2.42. The lowest BCUT2D eigenvalue weighted by molar-refractivity contribution is -0.137. The maximum absolute atomic E-state index is 11.7. The number of carbonyl (C=O) groups excluding carboxylic acids is 1. The van der Waals surface area contributed by atoms with Gasteiger partial charge >= 0.3 is 0 Å². The lowest BCUT2D eigenvalue weighted by Gasteiger charge is -2.45. The molecule has 1 amide bonds. The smallest absolute Gasteiger partial charge is 0.223 e. The van der Waals surface area contributed by atoms with Crippen LogP contribution in [0.3, 0.4) is 0 Å². The summed E-state index contributed by atoms with van der Waals surface area (Å²) in [7, 11) is 0. The summed E-state index contributed by atoms with van der Waals surface area (Å²) < 4.78 is 0. The lowest BCUT2D eigenvalue weighted by atomic mass is 9.76. The maximum Gasteiger partial charge on any atom is 0.223 e. The van der Waals surface area contributed by atoms with Gasteiger partial charge in [-0.15, -0.1) is 0 Å². The van der Waals surface area contributed by atoms with Crippen LogP contribution in [0.5, 0.6) is 0 Å². The Labute approximate surface area is 91.5 Å². The zero-order chi connectivity index (χ0) is 10.9. The Kier molecular flexibility index (Phi) is 3.01. The molecule has 0 atom stereocenters. The fraction of sp³-hybridized carbons (Fsp3) is 0.917. The average Bonchev–Trinajstić information content (AvgIpc) is 2.67. The summed E-state index contributed by atoms with van der Waals surface area (Å²) in [6.45, 7) is 3.26. The van der Waals surface area contributed by atoms with Gasteiger partial charge in [0.2, 0.25) is 5.91 Å². The average molecular weight is 211 g/mol. The molecule has 0 aromatic heterocycles. The van der Waals surface area contributed by atoms with Gasteiger partial charge in [0.25, 0.3) is 0 Å². The number of rotatable bonds is 2. The predicted octanol–water partition coefficient (Wildman–Crippen LogP) is 1.55. The van der Waals surface area contributed by atoms with E-state index in [1.165, 1.54) is 0 Å². The van der Waals surface area contributed by atoms with Crippen molar-refractivity contribution < 1.29 is 9.90 Å². The largest absolute Gasteiger partial charge is 0.394 e. The molecule has 3 nitrogen and oxygen atoms in total. The minimum Gasteiger partial charge on any atom is -0.394 e. The lowest BCUT2D eigenvalue weighted by Crippen LogP contribution is -2.54. The highest BCUT2D eigenvalue weighted by atomic mass is 16.3. The standard InChI is InChI=1S/C12H21NO2/c1-10-4-6-12(9-14,7-5-10)13-8-2-3-11(13)15/h10,14H,2-9H2,1H3. The number of hydrogen-bond acceptors (Lipinski definition) is 2. The number of amides is 1. The second-order valence-electron chi connectivity index (χ2n) is 5.21. The van der Waals surface area contributed by atoms with Crippen molar-refractivity contribution >= 4 is 5.91 Å². The van der Waals surface area contributed by atoms with Crippen molar-refractivity contribution in [3.05, 3.63) is 0 Å². The minimum atomic E-state index is -0.208. The third kappa shape index (κ3) is 1.89. The molecule has 1 aliphatic heterocycles. The fourth-order valence-electron chi connectivity index (χ4n) is 2.96. The summed E-state index contributed by atoms with van der Waals surface area (Å²) in [5, 5.41) is 9.61. The van der Waals surface area contributed by atoms with E-state index in [-0.39, 0.29) is 18.1 Å². The summed E-state index contributed by atoms with van der Waals surface area (Å²) in [5.74, 6) is 1.00. The molecule has 2 fully saturated rings. The molecule has 2 aliphatic rings. The summed E-state index contributed by atoms with van der Waals surface area (Å²) in [4.78, 5) is 13.7. The van der Waals surface area contributed by atoms with Crippen LogP contribution in [0.4, 0.5) is 0 Å². The molecule has 0 unspecified atom stereocenters. The molecule has 1 saturated heterocycles. The normalized spacial score (nSPS) is 37.3. The molecule has 0 bridgehead atoms. The van der Waals surface area contributed by atoms with Crippen molar-refractivity contribution in [1.29, 1.82) is 0 Å². The van der Waals surface area contributed by atoms with Crippen molar-refractivity contribution in [1.82, 2.24) is 4.90 Å². The SMILES string of the molecule is CC1CCC(CO)(N2CCCC2=O)CC1. The van der Waals surface area contributed by atoms with E-state index in [0.29, 0.717) is 6.42 Å². The van der Waals surface area contributed by atoms with Crippen LogP contribution >= 0.6 is 0 Å². The second-order valence-corrected chi connectivity index (χ2v) is 5.21. The van der Waals surface area contributed by atoms with Gasteiger partial charge in [-0.2, -0.15) is 0 Å². The van der Waals surface area contributed by atoms with E-state index in [2.05, 4.69) is 6.92 Å². The monoisotopic (exact) mass is 211 g/mol. The molecule has 1 aliphatic carbocycles. The Hall–Kier alpha value is -0.570. The van der Waals surface area contributed by atoms with Crippen LogP contribution in [0.1, 0.15) is 45.4 Å². The molecule has 1 saturated carbocycles. The number of likely N-dealkylation sites (tertiary alicyclic amines) is 1. The van der Waals surface area contributed by atoms with Crippen LogP contribution in [-0.4, -0.2) is 34.6 Å². The van der Waals surface area contributed by atoms with Crippen molar-refractivity contribution in [2.75, 3.05) is 13.2 Å². The van der Waals surface area contributed by atoms with Crippen LogP contribution < -0.4 is 0 Å². The third-order valence-corrected chi connectivity index (χ3v) is 4.15. The first-order valence-electron chi connectivity index (χ1n) is 6.09. The Morgan fingerprint density at radius 3 is 2.60 bits per heavy atom. The van der Waals surface area contributed by atoms with Gasteiger partial charge in [0.15, 0.2) is 0 Å². The number of hydrogen-bond donors (Lipinski definition) is 1. The van der Waals surface area contributed by atoms with E-state index >= 15 is 0 Å². The van der Waals surface area contributed by atoms with Crippen molar-refractivity contribution in [3.63, 3.8) is 0 Å². The van der Waals surface area contributed by atoms with Crippen LogP contribution in [0, 0.1) is 5.92 Å². The number of carbonyl (C=O) groups is 1. The van der Waals surface area contributed by atoms with Gasteiger partial charge < -0.3 is 10.0 Å². The van der Waals surface area contributed by atoms with Gasteiger partial charge in [-0.3, -0.25) is 4.79 Å². The first-order valence-corrected chi connectivity index (χ1v) is 6.09. The molecule has 0 aromatic rings. The fourth-order valence-corrected chi connectivity index (χ4v) is 2.96. The number of aliphatic hydroxyl groups is 1. The topological polar surface area (TPSA) is 40.5 Å². The van der Waals surface area contributed by atoms with Crippen molar-refractivity contribution in [2.24, 2.45) is 5.92 Å². The highest BCUT2D eigenvalue weighted by molar-refractivity contribution is 5.79. The minimum absolute atomic E-state index is 0.144. The van der Waals surface area contributed by atoms with Gasteiger partial charge in [-0.25, -0.2) is 0 Å². The molecule has 15 heavy (non-hydrogen) atoms. The van der Waals surface area contributed by atoms with Gasteiger partial charge in [-0.1, -0.05) is 6.92 Å². The first kappa shape index (κ1) is 10.9. The summed E-state index contributed by atoms with van der Waals surface area (Å²) in [6.07, 6.45) is 5.90. The Bertz CT molecular complexity index is 244. The number of nitrogens with zero attached hydrogens (tertiary/aromatic N) is 1. The van der Waals surface area contributed by atoms with Gasteiger partial charge in [0.05, 0.1) is 12.1 Å². The summed E-state index contributed by atoms with van der Waals surface area (Å²) in [5.41, 5.74) is -0.208. The molecule has 3 heteroatoms. The Balaban J connectivity index is 2.10. The van der Waals surface area contributed by atoms with Crippen LogP contribution in [0.2, 0.25) is 0 Å². The van der Waals surface area contributed by atoms with E-state index < -0.39 is 0 Å². The van der Waals surface area contributed by atoms with Gasteiger partial charge in [0, 0.05) is 13.0 Å².